The molecule has 7 heteroatoms. The molecule has 0 bridgehead atoms. The van der Waals surface area contributed by atoms with Crippen molar-refractivity contribution in [1.29, 1.82) is 0 Å². The van der Waals surface area contributed by atoms with Gasteiger partial charge in [-0.1, -0.05) is 35.5 Å². The molecule has 116 valence electrons. The number of ketones is 1. The molecule has 0 aliphatic carbocycles. The molecule has 0 atom stereocenters. The molecule has 0 radical (unpaired) electrons. The molecule has 0 spiro atoms. The first kappa shape index (κ1) is 15.8. The fourth-order valence-electron chi connectivity index (χ4n) is 2.17. The minimum absolute atomic E-state index is 0.0627. The van der Waals surface area contributed by atoms with Gasteiger partial charge in [0.2, 0.25) is 5.71 Å². The summed E-state index contributed by atoms with van der Waals surface area (Å²) in [5.41, 5.74) is -0.953. The molecule has 0 aliphatic heterocycles. The van der Waals surface area contributed by atoms with Gasteiger partial charge in [-0.25, -0.2) is 0 Å². The van der Waals surface area contributed by atoms with Gasteiger partial charge in [-0.2, -0.15) is 13.2 Å². The van der Waals surface area contributed by atoms with E-state index in [-0.39, 0.29) is 23.7 Å². The highest BCUT2D eigenvalue weighted by Crippen LogP contribution is 2.25. The summed E-state index contributed by atoms with van der Waals surface area (Å²) in [5, 5.41) is 11.1. The third kappa shape index (κ3) is 3.19. The van der Waals surface area contributed by atoms with Crippen molar-refractivity contribution < 1.29 is 23.2 Å². The Balaban J connectivity index is 2.55. The van der Waals surface area contributed by atoms with E-state index in [2.05, 4.69) is 5.16 Å². The molecule has 1 aromatic heterocycles. The molecule has 2 aromatic rings. The molecule has 1 N–H and O–H groups in total. The lowest BCUT2D eigenvalue weighted by molar-refractivity contribution is -0.0604. The lowest BCUT2D eigenvalue weighted by atomic mass is 10.2. The molecule has 0 unspecified atom stereocenters. The summed E-state index contributed by atoms with van der Waals surface area (Å²) in [4.78, 5) is 11.6. The largest absolute Gasteiger partial charge is 0.438 e. The van der Waals surface area contributed by atoms with Crippen LogP contribution in [0.1, 0.15) is 28.7 Å². The summed E-state index contributed by atoms with van der Waals surface area (Å²) < 4.78 is 40.0. The number of benzene rings is 1. The van der Waals surface area contributed by atoms with E-state index in [4.69, 9.17) is 5.21 Å². The van der Waals surface area contributed by atoms with Gasteiger partial charge in [-0.05, 0) is 17.7 Å². The van der Waals surface area contributed by atoms with Crippen LogP contribution in [0.15, 0.2) is 47.6 Å². The summed E-state index contributed by atoms with van der Waals surface area (Å²) in [7, 11) is 0. The second-order valence-corrected chi connectivity index (χ2v) is 4.68. The van der Waals surface area contributed by atoms with Crippen LogP contribution in [0, 0.1) is 0 Å². The Morgan fingerprint density at radius 3 is 2.23 bits per heavy atom. The van der Waals surface area contributed by atoms with E-state index < -0.39 is 11.9 Å². The SMILES string of the molecule is CC(=O)c1ccc(/C(=N\O)C(F)(F)F)n1Cc1ccccc1. The maximum atomic E-state index is 12.9. The number of rotatable bonds is 4. The van der Waals surface area contributed by atoms with Crippen molar-refractivity contribution in [2.75, 3.05) is 0 Å². The summed E-state index contributed by atoms with van der Waals surface area (Å²) in [5.74, 6) is -0.373. The van der Waals surface area contributed by atoms with Gasteiger partial charge in [0.05, 0.1) is 11.4 Å². The first-order valence-corrected chi connectivity index (χ1v) is 6.38. The van der Waals surface area contributed by atoms with Crippen LogP contribution in [0.3, 0.4) is 0 Å². The van der Waals surface area contributed by atoms with E-state index >= 15 is 0 Å². The van der Waals surface area contributed by atoms with Gasteiger partial charge in [0.15, 0.2) is 5.78 Å². The number of Topliss-reactive ketones (excluding diaryl/α,β-unsaturated/α-hetero) is 1. The zero-order valence-corrected chi connectivity index (χ0v) is 11.6. The smallest absolute Gasteiger partial charge is 0.410 e. The third-order valence-electron chi connectivity index (χ3n) is 3.14. The van der Waals surface area contributed by atoms with Gasteiger partial charge in [0.1, 0.15) is 0 Å². The maximum absolute atomic E-state index is 12.9. The average molecular weight is 310 g/mol. The van der Waals surface area contributed by atoms with Crippen molar-refractivity contribution in [2.45, 2.75) is 19.6 Å². The topological polar surface area (TPSA) is 54.6 Å². The van der Waals surface area contributed by atoms with Crippen molar-refractivity contribution in [2.24, 2.45) is 5.16 Å². The predicted octanol–water partition coefficient (Wildman–Crippen LogP) is 3.48. The number of halogens is 3. The highest BCUT2D eigenvalue weighted by Gasteiger charge is 2.40. The molecule has 0 saturated carbocycles. The molecule has 0 amide bonds. The number of nitrogens with zero attached hydrogens (tertiary/aromatic N) is 2. The van der Waals surface area contributed by atoms with E-state index in [0.29, 0.717) is 0 Å². The standard InChI is InChI=1S/C15H13F3N2O2/c1-10(21)12-7-8-13(14(19-22)15(16,17)18)20(12)9-11-5-3-2-4-6-11/h2-8,22H,9H2,1H3/b19-14+. The molecule has 0 saturated heterocycles. The van der Waals surface area contributed by atoms with Crippen molar-refractivity contribution in [1.82, 2.24) is 4.57 Å². The number of hydrogen-bond donors (Lipinski definition) is 1. The summed E-state index contributed by atoms with van der Waals surface area (Å²) in [6.07, 6.45) is -4.82. The number of aromatic nitrogens is 1. The molecule has 2 rings (SSSR count). The summed E-state index contributed by atoms with van der Waals surface area (Å²) >= 11 is 0. The van der Waals surface area contributed by atoms with E-state index in [1.165, 1.54) is 17.6 Å². The summed E-state index contributed by atoms with van der Waals surface area (Å²) in [6.45, 7) is 1.33. The van der Waals surface area contributed by atoms with E-state index in [0.717, 1.165) is 11.6 Å². The normalized spacial score (nSPS) is 12.5. The van der Waals surface area contributed by atoms with Crippen molar-refractivity contribution in [3.8, 4) is 0 Å². The number of oxime groups is 1. The van der Waals surface area contributed by atoms with Crippen molar-refractivity contribution in [3.05, 3.63) is 59.4 Å². The Kier molecular flexibility index (Phi) is 4.35. The monoisotopic (exact) mass is 310 g/mol. The maximum Gasteiger partial charge on any atom is 0.438 e. The molecular formula is C15H13F3N2O2. The van der Waals surface area contributed by atoms with Gasteiger partial charge in [0, 0.05) is 13.5 Å². The lowest BCUT2D eigenvalue weighted by Gasteiger charge is -2.15. The summed E-state index contributed by atoms with van der Waals surface area (Å²) in [6, 6.07) is 11.2. The predicted molar refractivity (Wildman–Crippen MR) is 74.4 cm³/mol. The zero-order chi connectivity index (χ0) is 16.3. The van der Waals surface area contributed by atoms with Gasteiger partial charge in [-0.3, -0.25) is 4.79 Å². The second-order valence-electron chi connectivity index (χ2n) is 4.68. The fourth-order valence-corrected chi connectivity index (χ4v) is 2.17. The third-order valence-corrected chi connectivity index (χ3v) is 3.14. The average Bonchev–Trinajstić information content (AvgIpc) is 2.83. The Morgan fingerprint density at radius 2 is 1.73 bits per heavy atom. The van der Waals surface area contributed by atoms with Crippen LogP contribution in [0.25, 0.3) is 0 Å². The highest BCUT2D eigenvalue weighted by atomic mass is 19.4. The van der Waals surface area contributed by atoms with Gasteiger partial charge in [0.25, 0.3) is 0 Å². The lowest BCUT2D eigenvalue weighted by Crippen LogP contribution is -2.27. The van der Waals surface area contributed by atoms with E-state index in [1.807, 2.05) is 0 Å². The zero-order valence-electron chi connectivity index (χ0n) is 11.6. The second kappa shape index (κ2) is 6.05. The van der Waals surface area contributed by atoms with E-state index in [1.54, 1.807) is 30.3 Å². The van der Waals surface area contributed by atoms with Crippen LogP contribution < -0.4 is 0 Å². The van der Waals surface area contributed by atoms with Crippen LogP contribution in [-0.4, -0.2) is 27.4 Å². The van der Waals surface area contributed by atoms with Crippen molar-refractivity contribution in [3.63, 3.8) is 0 Å². The Hall–Kier alpha value is -2.57. The molecule has 1 aromatic carbocycles. The molecule has 0 fully saturated rings. The number of alkyl halides is 3. The molecule has 1 heterocycles. The number of carbonyl (C=O) groups is 1. The van der Waals surface area contributed by atoms with Crippen LogP contribution in [0.2, 0.25) is 0 Å². The Bertz CT molecular complexity index is 703. The van der Waals surface area contributed by atoms with Crippen LogP contribution in [-0.2, 0) is 6.54 Å². The number of carbonyl (C=O) groups excluding carboxylic acids is 1. The first-order chi connectivity index (χ1) is 10.3. The van der Waals surface area contributed by atoms with Gasteiger partial charge in [-0.15, -0.1) is 0 Å². The van der Waals surface area contributed by atoms with Crippen LogP contribution in [0.5, 0.6) is 0 Å². The van der Waals surface area contributed by atoms with Crippen molar-refractivity contribution >= 4 is 11.5 Å². The molecule has 22 heavy (non-hydrogen) atoms. The van der Waals surface area contributed by atoms with E-state index in [9.17, 15) is 18.0 Å². The van der Waals surface area contributed by atoms with Gasteiger partial charge >= 0.3 is 6.18 Å². The minimum Gasteiger partial charge on any atom is -0.410 e. The van der Waals surface area contributed by atoms with Crippen LogP contribution >= 0.6 is 0 Å². The van der Waals surface area contributed by atoms with Crippen LogP contribution in [0.4, 0.5) is 13.2 Å². The molecule has 0 aliphatic rings. The Morgan fingerprint density at radius 1 is 1.14 bits per heavy atom. The molecule has 4 nitrogen and oxygen atoms in total. The minimum atomic E-state index is -4.82. The Labute approximate surface area is 124 Å². The quantitative estimate of drug-likeness (QED) is 0.407. The first-order valence-electron chi connectivity index (χ1n) is 6.38. The number of hydrogen-bond acceptors (Lipinski definition) is 3. The van der Waals surface area contributed by atoms with Gasteiger partial charge < -0.3 is 9.77 Å². The fraction of sp³-hybridized carbons (Fsp3) is 0.200. The molecular weight excluding hydrogens is 297 g/mol. The highest BCUT2D eigenvalue weighted by molar-refractivity contribution is 6.05.